The number of aliphatic hydroxyl groups excluding tert-OH is 1. The van der Waals surface area contributed by atoms with Crippen LogP contribution in [0.5, 0.6) is 0 Å². The van der Waals surface area contributed by atoms with E-state index in [0.717, 1.165) is 30.3 Å². The quantitative estimate of drug-likeness (QED) is 0.398. The summed E-state index contributed by atoms with van der Waals surface area (Å²) in [6, 6.07) is 10.6. The number of carbonyl (C=O) groups excluding carboxylic acids is 1. The molecule has 1 N–H and O–H groups in total. The zero-order valence-electron chi connectivity index (χ0n) is 21.6. The van der Waals surface area contributed by atoms with Gasteiger partial charge in [0.2, 0.25) is 0 Å². The predicted molar refractivity (Wildman–Crippen MR) is 143 cm³/mol. The number of nitrogens with zero attached hydrogens (tertiary/aromatic N) is 1. The molecule has 8 heteroatoms. The molecule has 0 radical (unpaired) electrons. The second-order valence-electron chi connectivity index (χ2n) is 10.9. The van der Waals surface area contributed by atoms with E-state index in [0.29, 0.717) is 11.1 Å². The lowest BCUT2D eigenvalue weighted by molar-refractivity contribution is -0.243. The highest BCUT2D eigenvalue weighted by Gasteiger charge is 2.75. The molecule has 0 aromatic heterocycles. The molecule has 0 bridgehead atoms. The first-order valence-corrected chi connectivity index (χ1v) is 14.3. The van der Waals surface area contributed by atoms with Crippen LogP contribution in [0.3, 0.4) is 0 Å². The SMILES string of the molecule is C=C1OC2(C)C(CCOS(=O)(=O)c3cccc4c(N(C)C)cccc34)C(=O)CC12C(O)C1C=CCCC1. The van der Waals surface area contributed by atoms with Crippen LogP contribution in [-0.2, 0) is 23.8 Å². The Kier molecular flexibility index (Phi) is 6.49. The van der Waals surface area contributed by atoms with Gasteiger partial charge in [0.15, 0.2) is 0 Å². The number of carbonyl (C=O) groups is 1. The van der Waals surface area contributed by atoms with Crippen molar-refractivity contribution in [1.82, 2.24) is 0 Å². The zero-order chi connectivity index (χ0) is 26.6. The number of allylic oxidation sites excluding steroid dienone is 1. The van der Waals surface area contributed by atoms with Gasteiger partial charge < -0.3 is 14.7 Å². The molecule has 1 saturated carbocycles. The first kappa shape index (κ1) is 25.9. The van der Waals surface area contributed by atoms with Crippen molar-refractivity contribution in [2.24, 2.45) is 17.3 Å². The first-order valence-electron chi connectivity index (χ1n) is 12.9. The van der Waals surface area contributed by atoms with Crippen molar-refractivity contribution < 1.29 is 27.2 Å². The van der Waals surface area contributed by atoms with Crippen molar-refractivity contribution in [3.05, 3.63) is 60.9 Å². The Balaban J connectivity index is 1.35. The molecule has 5 unspecified atom stereocenters. The van der Waals surface area contributed by atoms with Crippen LogP contribution >= 0.6 is 0 Å². The van der Waals surface area contributed by atoms with Gasteiger partial charge in [-0.2, -0.15) is 8.42 Å². The van der Waals surface area contributed by atoms with E-state index in [1.165, 1.54) is 6.07 Å². The minimum absolute atomic E-state index is 0.0539. The summed E-state index contributed by atoms with van der Waals surface area (Å²) in [5.74, 6) is -0.265. The predicted octanol–water partition coefficient (Wildman–Crippen LogP) is 4.60. The van der Waals surface area contributed by atoms with E-state index in [9.17, 15) is 18.3 Å². The van der Waals surface area contributed by atoms with Crippen LogP contribution in [0.1, 0.15) is 39.0 Å². The van der Waals surface area contributed by atoms with E-state index >= 15 is 0 Å². The van der Waals surface area contributed by atoms with Gasteiger partial charge in [0.25, 0.3) is 10.1 Å². The Morgan fingerprint density at radius 3 is 2.62 bits per heavy atom. The van der Waals surface area contributed by atoms with Gasteiger partial charge in [-0.05, 0) is 44.7 Å². The Hall–Kier alpha value is -2.68. The molecule has 7 nitrogen and oxygen atoms in total. The standard InChI is InChI=1S/C29H35NO6S/c1-19-29(27(32)20-10-6-5-7-11-20)18-25(31)23(28(29,2)36-19)16-17-35-37(33,34)26-15-9-12-21-22(26)13-8-14-24(21)30(3)4/h6,8-10,12-15,20,23,27,32H,1,5,7,11,16-18H2,2-4H3. The van der Waals surface area contributed by atoms with Gasteiger partial charge in [0.1, 0.15) is 27.5 Å². The van der Waals surface area contributed by atoms with Gasteiger partial charge in [0.05, 0.1) is 18.6 Å². The van der Waals surface area contributed by atoms with Crippen molar-refractivity contribution in [1.29, 1.82) is 0 Å². The molecule has 5 rings (SSSR count). The van der Waals surface area contributed by atoms with Crippen LogP contribution in [0.2, 0.25) is 0 Å². The molecule has 2 aromatic rings. The molecular formula is C29H35NO6S. The van der Waals surface area contributed by atoms with Crippen molar-refractivity contribution in [3.63, 3.8) is 0 Å². The van der Waals surface area contributed by atoms with Gasteiger partial charge in [-0.3, -0.25) is 8.98 Å². The van der Waals surface area contributed by atoms with E-state index in [4.69, 9.17) is 8.92 Å². The third-order valence-corrected chi connectivity index (χ3v) is 10.1. The number of hydrogen-bond acceptors (Lipinski definition) is 7. The number of hydrogen-bond donors (Lipinski definition) is 1. The van der Waals surface area contributed by atoms with Crippen LogP contribution in [0.4, 0.5) is 5.69 Å². The van der Waals surface area contributed by atoms with E-state index in [2.05, 4.69) is 12.7 Å². The van der Waals surface area contributed by atoms with Crippen LogP contribution in [0.15, 0.2) is 65.8 Å². The summed E-state index contributed by atoms with van der Waals surface area (Å²) in [5, 5.41) is 12.8. The van der Waals surface area contributed by atoms with Crippen molar-refractivity contribution in [2.75, 3.05) is 25.6 Å². The lowest BCUT2D eigenvalue weighted by Gasteiger charge is -2.59. The van der Waals surface area contributed by atoms with E-state index in [1.54, 1.807) is 12.1 Å². The summed E-state index contributed by atoms with van der Waals surface area (Å²) >= 11 is 0. The number of aliphatic hydroxyl groups is 1. The molecule has 5 atom stereocenters. The average molecular weight is 526 g/mol. The highest BCUT2D eigenvalue weighted by molar-refractivity contribution is 7.87. The summed E-state index contributed by atoms with van der Waals surface area (Å²) in [5.41, 5.74) is -0.902. The van der Waals surface area contributed by atoms with Crippen LogP contribution < -0.4 is 4.90 Å². The maximum atomic E-state index is 13.2. The van der Waals surface area contributed by atoms with Gasteiger partial charge in [0, 0.05) is 42.9 Å². The fourth-order valence-electron chi connectivity index (χ4n) is 6.71. The summed E-state index contributed by atoms with van der Waals surface area (Å²) < 4.78 is 38.0. The van der Waals surface area contributed by atoms with Crippen LogP contribution in [0, 0.1) is 17.3 Å². The summed E-state index contributed by atoms with van der Waals surface area (Å²) in [6.07, 6.45) is 6.48. The molecule has 2 aromatic carbocycles. The van der Waals surface area contributed by atoms with Crippen molar-refractivity contribution in [2.45, 2.75) is 55.6 Å². The van der Waals surface area contributed by atoms with E-state index < -0.39 is 33.2 Å². The summed E-state index contributed by atoms with van der Waals surface area (Å²) in [7, 11) is -0.263. The third-order valence-electron chi connectivity index (χ3n) is 8.68. The van der Waals surface area contributed by atoms with Crippen molar-refractivity contribution >= 4 is 32.4 Å². The molecule has 3 aliphatic rings. The second-order valence-corrected chi connectivity index (χ2v) is 12.4. The number of ether oxygens (including phenoxy) is 1. The van der Waals surface area contributed by atoms with Gasteiger partial charge in [-0.25, -0.2) is 0 Å². The molecule has 2 aliphatic carbocycles. The topological polar surface area (TPSA) is 93.1 Å². The molecule has 0 spiro atoms. The molecule has 37 heavy (non-hydrogen) atoms. The zero-order valence-corrected chi connectivity index (χ0v) is 22.5. The average Bonchev–Trinajstić information content (AvgIpc) is 3.05. The Morgan fingerprint density at radius 1 is 1.22 bits per heavy atom. The number of anilines is 1. The normalized spacial score (nSPS) is 30.1. The van der Waals surface area contributed by atoms with E-state index in [1.807, 2.05) is 50.2 Å². The van der Waals surface area contributed by atoms with Crippen molar-refractivity contribution in [3.8, 4) is 0 Å². The second kappa shape index (κ2) is 9.26. The highest BCUT2D eigenvalue weighted by Crippen LogP contribution is 2.67. The fraction of sp³-hybridized carbons (Fsp3) is 0.483. The van der Waals surface area contributed by atoms with Gasteiger partial charge >= 0.3 is 0 Å². The minimum Gasteiger partial charge on any atom is -0.490 e. The first-order chi connectivity index (χ1) is 17.5. The lowest BCUT2D eigenvalue weighted by Crippen LogP contribution is -2.65. The summed E-state index contributed by atoms with van der Waals surface area (Å²) in [4.78, 5) is 15.2. The third kappa shape index (κ3) is 3.92. The molecule has 2 fully saturated rings. The number of rotatable bonds is 8. The molecule has 1 aliphatic heterocycles. The molecule has 1 heterocycles. The largest absolute Gasteiger partial charge is 0.490 e. The Bertz CT molecular complexity index is 1380. The Labute approximate surface area is 218 Å². The maximum Gasteiger partial charge on any atom is 0.297 e. The molecule has 0 amide bonds. The number of fused-ring (bicyclic) bond motifs is 2. The highest BCUT2D eigenvalue weighted by atomic mass is 32.2. The maximum absolute atomic E-state index is 13.2. The van der Waals surface area contributed by atoms with Gasteiger partial charge in [-0.15, -0.1) is 0 Å². The molecular weight excluding hydrogens is 490 g/mol. The summed E-state index contributed by atoms with van der Waals surface area (Å²) in [6.45, 7) is 5.70. The monoisotopic (exact) mass is 525 g/mol. The van der Waals surface area contributed by atoms with Gasteiger partial charge in [-0.1, -0.05) is 43.0 Å². The fourth-order valence-corrected chi connectivity index (χ4v) is 7.84. The lowest BCUT2D eigenvalue weighted by atomic mass is 9.59. The van der Waals surface area contributed by atoms with Crippen LogP contribution in [0.25, 0.3) is 10.8 Å². The van der Waals surface area contributed by atoms with Crippen LogP contribution in [-0.4, -0.2) is 51.7 Å². The number of Topliss-reactive ketones (excluding diaryl/α,β-unsaturated/α-hetero) is 1. The number of benzene rings is 2. The minimum atomic E-state index is -4.08. The Morgan fingerprint density at radius 2 is 1.95 bits per heavy atom. The molecule has 1 saturated heterocycles. The van der Waals surface area contributed by atoms with E-state index in [-0.39, 0.29) is 36.0 Å². The number of ketones is 1. The molecule has 198 valence electrons. The smallest absolute Gasteiger partial charge is 0.297 e.